The fourth-order valence-electron chi connectivity index (χ4n) is 6.90. The lowest BCUT2D eigenvalue weighted by molar-refractivity contribution is -0.167. The van der Waals surface area contributed by atoms with Crippen LogP contribution in [0.4, 0.5) is 0 Å². The smallest absolute Gasteiger partial charge is 0.306 e. The van der Waals surface area contributed by atoms with Gasteiger partial charge in [0.1, 0.15) is 13.2 Å². The molecular weight excluding hydrogens is 721 g/mol. The standard InChI is InChI=1S/C52H92O6/c1-4-7-10-13-16-19-21-23-25-26-27-29-30-33-36-39-42-45-51(54)57-48-49(47-56-50(53)44-41-38-35-32-18-15-12-9-6-3)58-52(55)46-43-40-37-34-31-28-24-22-20-17-14-11-8-5-2/h7,10,16,19,23,25,27,29,49H,4-6,8-9,11-15,17-18,20-22,24,26,28,30-48H2,1-3H3/b10-7-,19-16-,25-23-,29-27-. The van der Waals surface area contributed by atoms with Crippen LogP contribution in [0.25, 0.3) is 0 Å². The topological polar surface area (TPSA) is 78.9 Å². The van der Waals surface area contributed by atoms with Crippen molar-refractivity contribution in [1.82, 2.24) is 0 Å². The van der Waals surface area contributed by atoms with E-state index >= 15 is 0 Å². The van der Waals surface area contributed by atoms with Crippen LogP contribution in [-0.2, 0) is 28.6 Å². The van der Waals surface area contributed by atoms with Gasteiger partial charge in [0.15, 0.2) is 6.10 Å². The highest BCUT2D eigenvalue weighted by Gasteiger charge is 2.19. The van der Waals surface area contributed by atoms with E-state index in [4.69, 9.17) is 14.2 Å². The van der Waals surface area contributed by atoms with Crippen molar-refractivity contribution in [3.8, 4) is 0 Å². The summed E-state index contributed by atoms with van der Waals surface area (Å²) in [6.07, 6.45) is 55.2. The monoisotopic (exact) mass is 813 g/mol. The maximum atomic E-state index is 12.7. The second-order valence-corrected chi connectivity index (χ2v) is 16.4. The van der Waals surface area contributed by atoms with Gasteiger partial charge in [-0.2, -0.15) is 0 Å². The number of rotatable bonds is 44. The van der Waals surface area contributed by atoms with E-state index in [1.807, 2.05) is 0 Å². The van der Waals surface area contributed by atoms with E-state index in [1.54, 1.807) is 0 Å². The largest absolute Gasteiger partial charge is 0.462 e. The van der Waals surface area contributed by atoms with Gasteiger partial charge in [0.25, 0.3) is 0 Å². The zero-order valence-electron chi connectivity index (χ0n) is 38.3. The van der Waals surface area contributed by atoms with Crippen molar-refractivity contribution < 1.29 is 28.6 Å². The molecule has 0 fully saturated rings. The Morgan fingerprint density at radius 2 is 0.672 bits per heavy atom. The van der Waals surface area contributed by atoms with E-state index in [0.717, 1.165) is 96.3 Å². The van der Waals surface area contributed by atoms with Crippen LogP contribution in [0.5, 0.6) is 0 Å². The minimum Gasteiger partial charge on any atom is -0.462 e. The number of unbranched alkanes of at least 4 members (excludes halogenated alkanes) is 25. The van der Waals surface area contributed by atoms with Gasteiger partial charge in [0, 0.05) is 19.3 Å². The summed E-state index contributed by atoms with van der Waals surface area (Å²) < 4.78 is 16.7. The molecule has 0 heterocycles. The number of carbonyl (C=O) groups excluding carboxylic acids is 3. The predicted octanol–water partition coefficient (Wildman–Crippen LogP) is 15.9. The normalized spacial score (nSPS) is 12.4. The fraction of sp³-hybridized carbons (Fsp3) is 0.788. The summed E-state index contributed by atoms with van der Waals surface area (Å²) in [6, 6.07) is 0. The molecule has 0 N–H and O–H groups in total. The van der Waals surface area contributed by atoms with E-state index in [-0.39, 0.29) is 31.1 Å². The van der Waals surface area contributed by atoms with Crippen LogP contribution in [-0.4, -0.2) is 37.2 Å². The molecule has 6 heteroatoms. The molecule has 0 saturated carbocycles. The summed E-state index contributed by atoms with van der Waals surface area (Å²) in [6.45, 7) is 6.49. The second kappa shape index (κ2) is 47.1. The Kier molecular flexibility index (Phi) is 44.9. The summed E-state index contributed by atoms with van der Waals surface area (Å²) in [4.78, 5) is 37.8. The molecule has 6 nitrogen and oxygen atoms in total. The van der Waals surface area contributed by atoms with Gasteiger partial charge in [-0.15, -0.1) is 0 Å². The van der Waals surface area contributed by atoms with Crippen molar-refractivity contribution >= 4 is 17.9 Å². The maximum Gasteiger partial charge on any atom is 0.306 e. The Morgan fingerprint density at radius 3 is 1.05 bits per heavy atom. The lowest BCUT2D eigenvalue weighted by atomic mass is 10.0. The number of esters is 3. The van der Waals surface area contributed by atoms with Gasteiger partial charge in [-0.3, -0.25) is 14.4 Å². The number of ether oxygens (including phenoxy) is 3. The molecule has 0 saturated heterocycles. The number of hydrogen-bond acceptors (Lipinski definition) is 6. The molecule has 0 rings (SSSR count). The van der Waals surface area contributed by atoms with Crippen molar-refractivity contribution in [3.63, 3.8) is 0 Å². The third kappa shape index (κ3) is 44.5. The number of carbonyl (C=O) groups is 3. The highest BCUT2D eigenvalue weighted by molar-refractivity contribution is 5.71. The van der Waals surface area contributed by atoms with E-state index < -0.39 is 6.10 Å². The summed E-state index contributed by atoms with van der Waals surface area (Å²) in [7, 11) is 0. The van der Waals surface area contributed by atoms with Gasteiger partial charge in [0.2, 0.25) is 0 Å². The van der Waals surface area contributed by atoms with Gasteiger partial charge in [-0.05, 0) is 57.8 Å². The van der Waals surface area contributed by atoms with E-state index in [1.165, 1.54) is 109 Å². The number of allylic oxidation sites excluding steroid dienone is 8. The lowest BCUT2D eigenvalue weighted by Crippen LogP contribution is -2.30. The van der Waals surface area contributed by atoms with Crippen molar-refractivity contribution in [2.75, 3.05) is 13.2 Å². The quantitative estimate of drug-likeness (QED) is 0.0264. The van der Waals surface area contributed by atoms with Crippen LogP contribution < -0.4 is 0 Å². The molecule has 1 atom stereocenters. The zero-order valence-corrected chi connectivity index (χ0v) is 38.3. The molecule has 0 aliphatic heterocycles. The lowest BCUT2D eigenvalue weighted by Gasteiger charge is -2.18. The first-order valence-corrected chi connectivity index (χ1v) is 24.6. The minimum absolute atomic E-state index is 0.0781. The molecule has 1 unspecified atom stereocenters. The molecule has 0 bridgehead atoms. The van der Waals surface area contributed by atoms with E-state index in [0.29, 0.717) is 19.3 Å². The Balaban J connectivity index is 4.36. The van der Waals surface area contributed by atoms with Crippen LogP contribution >= 0.6 is 0 Å². The summed E-state index contributed by atoms with van der Waals surface area (Å²) in [5.74, 6) is -0.899. The average Bonchev–Trinajstić information content (AvgIpc) is 3.22. The Bertz CT molecular complexity index is 1030. The third-order valence-electron chi connectivity index (χ3n) is 10.6. The van der Waals surface area contributed by atoms with Gasteiger partial charge in [-0.1, -0.05) is 217 Å². The predicted molar refractivity (Wildman–Crippen MR) is 247 cm³/mol. The van der Waals surface area contributed by atoms with Crippen LogP contribution in [0.1, 0.15) is 245 Å². The summed E-state index contributed by atoms with van der Waals surface area (Å²) in [5.41, 5.74) is 0. The van der Waals surface area contributed by atoms with Gasteiger partial charge in [0.05, 0.1) is 0 Å². The molecule has 0 spiro atoms. The molecule has 58 heavy (non-hydrogen) atoms. The first kappa shape index (κ1) is 55.4. The highest BCUT2D eigenvalue weighted by atomic mass is 16.6. The SMILES string of the molecule is CC/C=C\C/C=C\C/C=C\C/C=C\CCCCCCC(=O)OCC(COC(=O)CCCCCCCCCCC)OC(=O)CCCCCCCCCCCCCCCC. The molecule has 0 aliphatic rings. The second-order valence-electron chi connectivity index (χ2n) is 16.4. The van der Waals surface area contributed by atoms with Crippen LogP contribution in [0.2, 0.25) is 0 Å². The molecular formula is C52H92O6. The van der Waals surface area contributed by atoms with Gasteiger partial charge in [-0.25, -0.2) is 0 Å². The summed E-state index contributed by atoms with van der Waals surface area (Å²) in [5, 5.41) is 0. The van der Waals surface area contributed by atoms with Crippen molar-refractivity contribution in [3.05, 3.63) is 48.6 Å². The maximum absolute atomic E-state index is 12.7. The Labute approximate surface area is 358 Å². The van der Waals surface area contributed by atoms with Crippen LogP contribution in [0.15, 0.2) is 48.6 Å². The van der Waals surface area contributed by atoms with Crippen molar-refractivity contribution in [2.24, 2.45) is 0 Å². The van der Waals surface area contributed by atoms with Crippen LogP contribution in [0.3, 0.4) is 0 Å². The molecule has 0 aromatic rings. The first-order chi connectivity index (χ1) is 28.5. The minimum atomic E-state index is -0.777. The molecule has 0 radical (unpaired) electrons. The van der Waals surface area contributed by atoms with E-state index in [2.05, 4.69) is 69.4 Å². The fourth-order valence-corrected chi connectivity index (χ4v) is 6.90. The molecule has 0 amide bonds. The van der Waals surface area contributed by atoms with Gasteiger partial charge < -0.3 is 14.2 Å². The molecule has 0 aliphatic carbocycles. The Morgan fingerprint density at radius 1 is 0.362 bits per heavy atom. The van der Waals surface area contributed by atoms with Crippen LogP contribution in [0, 0.1) is 0 Å². The third-order valence-corrected chi connectivity index (χ3v) is 10.6. The molecule has 0 aromatic carbocycles. The highest BCUT2D eigenvalue weighted by Crippen LogP contribution is 2.15. The van der Waals surface area contributed by atoms with Crippen molar-refractivity contribution in [2.45, 2.75) is 252 Å². The van der Waals surface area contributed by atoms with Crippen molar-refractivity contribution in [1.29, 1.82) is 0 Å². The first-order valence-electron chi connectivity index (χ1n) is 24.6. The number of hydrogen-bond donors (Lipinski definition) is 0. The van der Waals surface area contributed by atoms with Gasteiger partial charge >= 0.3 is 17.9 Å². The van der Waals surface area contributed by atoms with E-state index in [9.17, 15) is 14.4 Å². The molecule has 336 valence electrons. The summed E-state index contributed by atoms with van der Waals surface area (Å²) >= 11 is 0. The molecule has 0 aromatic heterocycles. The Hall–Kier alpha value is -2.63. The zero-order chi connectivity index (χ0) is 42.3. The average molecular weight is 813 g/mol.